The normalized spacial score (nSPS) is 9.87. The summed E-state index contributed by atoms with van der Waals surface area (Å²) >= 11 is 0. The summed E-state index contributed by atoms with van der Waals surface area (Å²) in [6.45, 7) is 0. The molecule has 4 nitrogen and oxygen atoms in total. The lowest BCUT2D eigenvalue weighted by atomic mass is 10.1. The van der Waals surface area contributed by atoms with Crippen LogP contribution in [0.3, 0.4) is 0 Å². The quantitative estimate of drug-likeness (QED) is 0.696. The maximum atomic E-state index is 11.4. The van der Waals surface area contributed by atoms with Crippen molar-refractivity contribution in [2.75, 3.05) is 7.11 Å². The van der Waals surface area contributed by atoms with Gasteiger partial charge in [0.25, 0.3) is 5.56 Å². The van der Waals surface area contributed by atoms with E-state index in [1.54, 1.807) is 12.1 Å². The number of fused-ring (bicyclic) bond motifs is 1. The summed E-state index contributed by atoms with van der Waals surface area (Å²) in [6, 6.07) is 3.34. The van der Waals surface area contributed by atoms with Gasteiger partial charge in [0.05, 0.1) is 24.3 Å². The fraction of sp³-hybridized carbons (Fsp3) is 0.0909. The Morgan fingerprint density at radius 1 is 1.47 bits per heavy atom. The Morgan fingerprint density at radius 3 is 2.93 bits per heavy atom. The van der Waals surface area contributed by atoms with E-state index in [4.69, 9.17) is 11.2 Å². The summed E-state index contributed by atoms with van der Waals surface area (Å²) in [5.74, 6) is 3.07. The summed E-state index contributed by atoms with van der Waals surface area (Å²) in [7, 11) is 1.53. The van der Waals surface area contributed by atoms with Gasteiger partial charge >= 0.3 is 0 Å². The second kappa shape index (κ2) is 3.46. The molecule has 1 N–H and O–H groups in total. The van der Waals surface area contributed by atoms with Crippen LogP contribution in [-0.2, 0) is 0 Å². The SMILES string of the molecule is C#Cc1c(OC)ccc2c(=O)[nH]ncc12. The highest BCUT2D eigenvalue weighted by Gasteiger charge is 2.07. The third-order valence-electron chi connectivity index (χ3n) is 2.18. The molecule has 0 amide bonds. The first-order valence-corrected chi connectivity index (χ1v) is 4.29. The maximum absolute atomic E-state index is 11.4. The number of aromatic amines is 1. The number of terminal acetylenes is 1. The molecule has 74 valence electrons. The average Bonchev–Trinajstić information content (AvgIpc) is 2.28. The van der Waals surface area contributed by atoms with E-state index in [1.807, 2.05) is 0 Å². The van der Waals surface area contributed by atoms with Crippen LogP contribution in [0.5, 0.6) is 5.75 Å². The Morgan fingerprint density at radius 2 is 2.27 bits per heavy atom. The number of nitrogens with one attached hydrogen (secondary N) is 1. The summed E-state index contributed by atoms with van der Waals surface area (Å²) in [4.78, 5) is 11.4. The molecule has 1 aromatic heterocycles. The van der Waals surface area contributed by atoms with Gasteiger partial charge in [0, 0.05) is 5.39 Å². The molecule has 0 spiro atoms. The number of ether oxygens (including phenoxy) is 1. The van der Waals surface area contributed by atoms with Gasteiger partial charge in [-0.1, -0.05) is 5.92 Å². The number of rotatable bonds is 1. The van der Waals surface area contributed by atoms with Gasteiger partial charge in [0.2, 0.25) is 0 Å². The van der Waals surface area contributed by atoms with Crippen molar-refractivity contribution in [3.8, 4) is 18.1 Å². The molecule has 1 aromatic carbocycles. The largest absolute Gasteiger partial charge is 0.495 e. The average molecular weight is 200 g/mol. The molecule has 0 aliphatic heterocycles. The Bertz CT molecular complexity index is 608. The number of nitrogens with zero attached hydrogens (tertiary/aromatic N) is 1. The van der Waals surface area contributed by atoms with Gasteiger partial charge < -0.3 is 4.74 Å². The topological polar surface area (TPSA) is 55.0 Å². The van der Waals surface area contributed by atoms with Gasteiger partial charge in [-0.2, -0.15) is 5.10 Å². The van der Waals surface area contributed by atoms with E-state index in [1.165, 1.54) is 13.3 Å². The molecule has 2 aromatic rings. The van der Waals surface area contributed by atoms with Crippen molar-refractivity contribution in [2.24, 2.45) is 0 Å². The first kappa shape index (κ1) is 9.28. The van der Waals surface area contributed by atoms with Gasteiger partial charge in [0.15, 0.2) is 0 Å². The molecule has 0 radical (unpaired) electrons. The van der Waals surface area contributed by atoms with E-state index >= 15 is 0 Å². The van der Waals surface area contributed by atoms with E-state index in [0.717, 1.165) is 0 Å². The van der Waals surface area contributed by atoms with Crippen LogP contribution in [0.2, 0.25) is 0 Å². The molecule has 0 saturated carbocycles. The number of hydrogen-bond donors (Lipinski definition) is 1. The Balaban J connectivity index is 2.96. The van der Waals surface area contributed by atoms with Crippen molar-refractivity contribution in [1.82, 2.24) is 10.2 Å². The summed E-state index contributed by atoms with van der Waals surface area (Å²) in [5, 5.41) is 7.19. The molecule has 0 unspecified atom stereocenters. The monoisotopic (exact) mass is 200 g/mol. The van der Waals surface area contributed by atoms with Gasteiger partial charge in [0.1, 0.15) is 5.75 Å². The highest BCUT2D eigenvalue weighted by molar-refractivity contribution is 5.88. The fourth-order valence-electron chi connectivity index (χ4n) is 1.47. The number of hydrogen-bond acceptors (Lipinski definition) is 3. The van der Waals surface area contributed by atoms with E-state index in [2.05, 4.69) is 16.1 Å². The van der Waals surface area contributed by atoms with Crippen LogP contribution in [0.4, 0.5) is 0 Å². The molecule has 0 bridgehead atoms. The van der Waals surface area contributed by atoms with Crippen molar-refractivity contribution in [3.05, 3.63) is 34.2 Å². The minimum absolute atomic E-state index is 0.258. The lowest BCUT2D eigenvalue weighted by Crippen LogP contribution is -2.08. The van der Waals surface area contributed by atoms with E-state index < -0.39 is 0 Å². The number of benzene rings is 1. The van der Waals surface area contributed by atoms with Crippen LogP contribution in [0.1, 0.15) is 5.56 Å². The van der Waals surface area contributed by atoms with E-state index in [9.17, 15) is 4.79 Å². The Kier molecular flexibility index (Phi) is 2.14. The highest BCUT2D eigenvalue weighted by Crippen LogP contribution is 2.24. The lowest BCUT2D eigenvalue weighted by Gasteiger charge is -2.05. The molecule has 1 heterocycles. The minimum Gasteiger partial charge on any atom is -0.495 e. The van der Waals surface area contributed by atoms with Crippen LogP contribution in [0.25, 0.3) is 10.8 Å². The second-order valence-corrected chi connectivity index (χ2v) is 2.95. The summed E-state index contributed by atoms with van der Waals surface area (Å²) in [6.07, 6.45) is 6.89. The van der Waals surface area contributed by atoms with Crippen LogP contribution in [-0.4, -0.2) is 17.3 Å². The van der Waals surface area contributed by atoms with Gasteiger partial charge in [-0.25, -0.2) is 5.10 Å². The van der Waals surface area contributed by atoms with Crippen molar-refractivity contribution >= 4 is 10.8 Å². The molecule has 2 rings (SSSR count). The lowest BCUT2D eigenvalue weighted by molar-refractivity contribution is 0.414. The molecule has 4 heteroatoms. The van der Waals surface area contributed by atoms with Crippen molar-refractivity contribution < 1.29 is 4.74 Å². The molecule has 0 fully saturated rings. The first-order chi connectivity index (χ1) is 7.27. The fourth-order valence-corrected chi connectivity index (χ4v) is 1.47. The molecule has 0 aliphatic carbocycles. The highest BCUT2D eigenvalue weighted by atomic mass is 16.5. The molecule has 15 heavy (non-hydrogen) atoms. The zero-order valence-electron chi connectivity index (χ0n) is 8.07. The number of aromatic nitrogens is 2. The standard InChI is InChI=1S/C11H8N2O2/c1-3-7-9-6-12-13-11(14)8(9)4-5-10(7)15-2/h1,4-6H,2H3,(H,13,14). The predicted molar refractivity (Wildman–Crippen MR) is 56.9 cm³/mol. The molecule has 0 aliphatic rings. The zero-order chi connectivity index (χ0) is 10.8. The Hall–Kier alpha value is -2.28. The second-order valence-electron chi connectivity index (χ2n) is 2.95. The molecule has 0 saturated heterocycles. The van der Waals surface area contributed by atoms with Crippen LogP contribution >= 0.6 is 0 Å². The van der Waals surface area contributed by atoms with E-state index in [0.29, 0.717) is 22.1 Å². The third kappa shape index (κ3) is 1.34. The first-order valence-electron chi connectivity index (χ1n) is 4.29. The number of H-pyrrole nitrogens is 1. The van der Waals surface area contributed by atoms with Crippen LogP contribution in [0.15, 0.2) is 23.1 Å². The number of methoxy groups -OCH3 is 1. The molecule has 0 atom stereocenters. The smallest absolute Gasteiger partial charge is 0.272 e. The third-order valence-corrected chi connectivity index (χ3v) is 2.18. The van der Waals surface area contributed by atoms with Crippen molar-refractivity contribution in [3.63, 3.8) is 0 Å². The summed E-state index contributed by atoms with van der Waals surface area (Å²) in [5.41, 5.74) is 0.292. The molecular weight excluding hydrogens is 192 g/mol. The molecular formula is C11H8N2O2. The van der Waals surface area contributed by atoms with Gasteiger partial charge in [-0.05, 0) is 12.1 Å². The zero-order valence-corrected chi connectivity index (χ0v) is 8.07. The predicted octanol–water partition coefficient (Wildman–Crippen LogP) is 0.913. The minimum atomic E-state index is -0.258. The van der Waals surface area contributed by atoms with Gasteiger partial charge in [-0.15, -0.1) is 6.42 Å². The van der Waals surface area contributed by atoms with Crippen molar-refractivity contribution in [1.29, 1.82) is 0 Å². The van der Waals surface area contributed by atoms with Crippen molar-refractivity contribution in [2.45, 2.75) is 0 Å². The summed E-state index contributed by atoms with van der Waals surface area (Å²) < 4.78 is 5.10. The van der Waals surface area contributed by atoms with Gasteiger partial charge in [-0.3, -0.25) is 4.79 Å². The van der Waals surface area contributed by atoms with Crippen LogP contribution < -0.4 is 10.3 Å². The van der Waals surface area contributed by atoms with Crippen LogP contribution in [0, 0.1) is 12.3 Å². The van der Waals surface area contributed by atoms with E-state index in [-0.39, 0.29) is 5.56 Å². The Labute approximate surface area is 85.9 Å². The maximum Gasteiger partial charge on any atom is 0.272 e.